The molecule has 1 amide bonds. The molecule has 0 aromatic carbocycles. The minimum atomic E-state index is -1.13. The number of hydrogen-bond acceptors (Lipinski definition) is 6. The molecule has 3 atom stereocenters. The molecule has 0 radical (unpaired) electrons. The van der Waals surface area contributed by atoms with E-state index in [1.165, 1.54) is 6.07 Å². The predicted octanol–water partition coefficient (Wildman–Crippen LogP) is 5.61. The number of amides is 1. The van der Waals surface area contributed by atoms with Crippen molar-refractivity contribution in [1.82, 2.24) is 9.88 Å². The number of esters is 1. The number of hydrogen-bond donors (Lipinski definition) is 1. The number of rotatable bonds is 5. The smallest absolute Gasteiger partial charge is 0.410 e. The van der Waals surface area contributed by atoms with Gasteiger partial charge in [0.1, 0.15) is 16.4 Å². The Bertz CT molecular complexity index is 912. The third-order valence-corrected chi connectivity index (χ3v) is 5.98. The van der Waals surface area contributed by atoms with Gasteiger partial charge in [-0.05, 0) is 73.8 Å². The second kappa shape index (κ2) is 10.4. The SMILES string of the molecule is CCC(O)c1cc(Cl)nc(C[C@@]2(C(=O)OC(C)(C)C)CCN(C(=O)OC(C)(C)C)[C@H](C)C2)c1F. The summed E-state index contributed by atoms with van der Waals surface area (Å²) in [4.78, 5) is 31.9. The van der Waals surface area contributed by atoms with Crippen molar-refractivity contribution in [1.29, 1.82) is 0 Å². The molecule has 2 heterocycles. The van der Waals surface area contributed by atoms with E-state index in [0.717, 1.165) is 0 Å². The van der Waals surface area contributed by atoms with Crippen LogP contribution in [0.3, 0.4) is 0 Å². The van der Waals surface area contributed by atoms with Crippen LogP contribution in [0.2, 0.25) is 5.15 Å². The summed E-state index contributed by atoms with van der Waals surface area (Å²) >= 11 is 6.15. The van der Waals surface area contributed by atoms with Crippen molar-refractivity contribution in [2.45, 2.75) is 104 Å². The maximum atomic E-state index is 15.4. The molecule has 192 valence electrons. The van der Waals surface area contributed by atoms with Crippen molar-refractivity contribution in [3.8, 4) is 0 Å². The van der Waals surface area contributed by atoms with Crippen LogP contribution in [0.1, 0.15) is 92.0 Å². The van der Waals surface area contributed by atoms with Gasteiger partial charge in [0, 0.05) is 24.6 Å². The average Bonchev–Trinajstić information content (AvgIpc) is 2.67. The number of carbonyl (C=O) groups excluding carboxylic acids is 2. The number of piperidine rings is 1. The second-order valence-corrected chi connectivity index (χ2v) is 11.5. The van der Waals surface area contributed by atoms with Gasteiger partial charge in [-0.3, -0.25) is 4.79 Å². The third kappa shape index (κ3) is 7.04. The fourth-order valence-corrected chi connectivity index (χ4v) is 4.42. The first-order valence-electron chi connectivity index (χ1n) is 11.7. The second-order valence-electron chi connectivity index (χ2n) is 11.2. The Hall–Kier alpha value is -1.93. The number of pyridine rings is 1. The van der Waals surface area contributed by atoms with E-state index >= 15 is 4.39 Å². The standard InChI is InChI=1S/C25H38ClFN2O5/c1-9-18(30)16-12-19(26)28-17(20(16)27)14-25(21(31)33-23(3,4)5)10-11-29(15(2)13-25)22(32)34-24(6,7)8/h12,15,18,30H,9-11,13-14H2,1-8H3/t15-,18?,25-/m1/s1. The summed E-state index contributed by atoms with van der Waals surface area (Å²) in [5.41, 5.74) is -2.48. The van der Waals surface area contributed by atoms with E-state index in [-0.39, 0.29) is 48.3 Å². The molecular formula is C25H38ClFN2O5. The molecule has 1 aliphatic rings. The summed E-state index contributed by atoms with van der Waals surface area (Å²) in [7, 11) is 0. The first kappa shape index (κ1) is 28.3. The molecule has 1 fully saturated rings. The third-order valence-electron chi connectivity index (χ3n) is 5.78. The van der Waals surface area contributed by atoms with Gasteiger partial charge in [-0.1, -0.05) is 18.5 Å². The molecular weight excluding hydrogens is 463 g/mol. The monoisotopic (exact) mass is 500 g/mol. The summed E-state index contributed by atoms with van der Waals surface area (Å²) in [6.45, 7) is 14.5. The highest BCUT2D eigenvalue weighted by atomic mass is 35.5. The number of nitrogens with zero attached hydrogens (tertiary/aromatic N) is 2. The topological polar surface area (TPSA) is 89.0 Å². The highest BCUT2D eigenvalue weighted by Crippen LogP contribution is 2.41. The lowest BCUT2D eigenvalue weighted by molar-refractivity contribution is -0.172. The zero-order chi connectivity index (χ0) is 26.1. The van der Waals surface area contributed by atoms with Crippen LogP contribution in [0, 0.1) is 11.2 Å². The predicted molar refractivity (Wildman–Crippen MR) is 128 cm³/mol. The van der Waals surface area contributed by atoms with Gasteiger partial charge in [0.05, 0.1) is 17.2 Å². The van der Waals surface area contributed by atoms with E-state index in [4.69, 9.17) is 21.1 Å². The van der Waals surface area contributed by atoms with Gasteiger partial charge in [0.2, 0.25) is 0 Å². The number of carbonyl (C=O) groups is 2. The quantitative estimate of drug-likeness (QED) is 0.417. The van der Waals surface area contributed by atoms with Crippen molar-refractivity contribution < 1.29 is 28.6 Å². The normalized spacial score (nSPS) is 22.3. The average molecular weight is 501 g/mol. The molecule has 0 spiro atoms. The highest BCUT2D eigenvalue weighted by Gasteiger charge is 2.49. The minimum absolute atomic E-state index is 0.00113. The summed E-state index contributed by atoms with van der Waals surface area (Å²) < 4.78 is 26.6. The first-order chi connectivity index (χ1) is 15.5. The number of aliphatic hydroxyl groups is 1. The molecule has 0 bridgehead atoms. The Morgan fingerprint density at radius 1 is 1.26 bits per heavy atom. The van der Waals surface area contributed by atoms with Gasteiger partial charge in [0.15, 0.2) is 5.82 Å². The van der Waals surface area contributed by atoms with Gasteiger partial charge in [0.25, 0.3) is 0 Å². The molecule has 1 N–H and O–H groups in total. The van der Waals surface area contributed by atoms with E-state index in [0.29, 0.717) is 6.42 Å². The molecule has 1 unspecified atom stereocenters. The van der Waals surface area contributed by atoms with Crippen LogP contribution in [-0.2, 0) is 20.7 Å². The van der Waals surface area contributed by atoms with Crippen LogP contribution in [0.25, 0.3) is 0 Å². The Labute approximate surface area is 207 Å². The van der Waals surface area contributed by atoms with E-state index in [1.54, 1.807) is 53.4 Å². The molecule has 0 aliphatic carbocycles. The van der Waals surface area contributed by atoms with Crippen LogP contribution in [-0.4, -0.2) is 50.8 Å². The largest absolute Gasteiger partial charge is 0.460 e. The number of likely N-dealkylation sites (tertiary alicyclic amines) is 1. The number of aromatic nitrogens is 1. The van der Waals surface area contributed by atoms with Crippen LogP contribution in [0.4, 0.5) is 9.18 Å². The lowest BCUT2D eigenvalue weighted by Gasteiger charge is -2.44. The maximum absolute atomic E-state index is 15.4. The highest BCUT2D eigenvalue weighted by molar-refractivity contribution is 6.29. The minimum Gasteiger partial charge on any atom is -0.460 e. The van der Waals surface area contributed by atoms with Crippen molar-refractivity contribution >= 4 is 23.7 Å². The molecule has 0 saturated carbocycles. The van der Waals surface area contributed by atoms with Crippen LogP contribution >= 0.6 is 11.6 Å². The van der Waals surface area contributed by atoms with Crippen molar-refractivity contribution in [3.63, 3.8) is 0 Å². The summed E-state index contributed by atoms with van der Waals surface area (Å²) in [6, 6.07) is 0.946. The van der Waals surface area contributed by atoms with E-state index < -0.39 is 40.6 Å². The fraction of sp³-hybridized carbons (Fsp3) is 0.720. The Morgan fingerprint density at radius 3 is 2.35 bits per heavy atom. The molecule has 34 heavy (non-hydrogen) atoms. The zero-order valence-corrected chi connectivity index (χ0v) is 22.3. The summed E-state index contributed by atoms with van der Waals surface area (Å²) in [5, 5.41) is 10.3. The van der Waals surface area contributed by atoms with Gasteiger partial charge < -0.3 is 19.5 Å². The zero-order valence-electron chi connectivity index (χ0n) is 21.5. The Kier molecular flexibility index (Phi) is 8.63. The number of ether oxygens (including phenoxy) is 2. The van der Waals surface area contributed by atoms with Crippen LogP contribution in [0.5, 0.6) is 0 Å². The van der Waals surface area contributed by atoms with Crippen LogP contribution < -0.4 is 0 Å². The summed E-state index contributed by atoms with van der Waals surface area (Å²) in [6.07, 6.45) is -0.784. The van der Waals surface area contributed by atoms with Gasteiger partial charge in [-0.15, -0.1) is 0 Å². The molecule has 7 nitrogen and oxygen atoms in total. The van der Waals surface area contributed by atoms with Crippen molar-refractivity contribution in [3.05, 3.63) is 28.3 Å². The lowest BCUT2D eigenvalue weighted by Crippen LogP contribution is -2.54. The summed E-state index contributed by atoms with van der Waals surface area (Å²) in [5.74, 6) is -1.15. The first-order valence-corrected chi connectivity index (χ1v) is 12.1. The molecule has 1 aliphatic heterocycles. The van der Waals surface area contributed by atoms with Crippen molar-refractivity contribution in [2.75, 3.05) is 6.54 Å². The molecule has 2 rings (SSSR count). The fourth-order valence-electron chi connectivity index (χ4n) is 4.20. The molecule has 1 aromatic heterocycles. The number of aliphatic hydroxyl groups excluding tert-OH is 1. The maximum Gasteiger partial charge on any atom is 0.410 e. The van der Waals surface area contributed by atoms with E-state index in [2.05, 4.69) is 4.98 Å². The molecule has 9 heteroatoms. The Morgan fingerprint density at radius 2 is 1.85 bits per heavy atom. The lowest BCUT2D eigenvalue weighted by atomic mass is 9.72. The number of halogens is 2. The van der Waals surface area contributed by atoms with Crippen molar-refractivity contribution in [2.24, 2.45) is 5.41 Å². The van der Waals surface area contributed by atoms with Gasteiger partial charge in [-0.2, -0.15) is 0 Å². The Balaban J connectivity index is 2.44. The van der Waals surface area contributed by atoms with E-state index in [1.807, 2.05) is 6.92 Å². The molecule has 1 aromatic rings. The van der Waals surface area contributed by atoms with Crippen LogP contribution in [0.15, 0.2) is 6.07 Å². The van der Waals surface area contributed by atoms with Gasteiger partial charge >= 0.3 is 12.1 Å². The van der Waals surface area contributed by atoms with Gasteiger partial charge in [-0.25, -0.2) is 14.2 Å². The molecule has 1 saturated heterocycles. The van der Waals surface area contributed by atoms with E-state index in [9.17, 15) is 14.7 Å².